The van der Waals surface area contributed by atoms with Crippen molar-refractivity contribution in [1.29, 1.82) is 5.26 Å². The number of hydrogen-bond acceptors (Lipinski definition) is 3. The molecule has 0 saturated heterocycles. The predicted molar refractivity (Wildman–Crippen MR) is 68.9 cm³/mol. The van der Waals surface area contributed by atoms with Gasteiger partial charge in [0.05, 0.1) is 17.2 Å². The quantitative estimate of drug-likeness (QED) is 0.368. The number of carbonyl (C=O) groups excluding carboxylic acids is 2. The Morgan fingerprint density at radius 3 is 2.36 bits per heavy atom. The molecule has 0 saturated carbocycles. The molecule has 0 aliphatic heterocycles. The first-order valence-corrected chi connectivity index (χ1v) is 5.75. The number of Topliss-reactive ketones (excluding diaryl/α,β-unsaturated/α-hetero) is 1. The van der Waals surface area contributed by atoms with E-state index in [2.05, 4.69) is 4.79 Å². The molecule has 0 bridgehead atoms. The summed E-state index contributed by atoms with van der Waals surface area (Å²) in [5, 5.41) is 8.69. The molecule has 1 amide bonds. The molecule has 0 heterocycles. The van der Waals surface area contributed by atoms with Crippen molar-refractivity contribution in [3.05, 3.63) is 34.9 Å². The van der Waals surface area contributed by atoms with Crippen molar-refractivity contribution in [3.8, 4) is 6.07 Å². The van der Waals surface area contributed by atoms with Gasteiger partial charge < -0.3 is 10.4 Å². The molecular weight excluding hydrogens is 301 g/mol. The Kier molecular flexibility index (Phi) is 4.81. The highest BCUT2D eigenvalue weighted by atomic mass is 19.4. The van der Waals surface area contributed by atoms with E-state index in [1.54, 1.807) is 0 Å². The minimum Gasteiger partial charge on any atom is -0.360 e. The van der Waals surface area contributed by atoms with Gasteiger partial charge in [-0.15, -0.1) is 0 Å². The van der Waals surface area contributed by atoms with E-state index in [4.69, 9.17) is 10.8 Å². The molecule has 114 valence electrons. The fourth-order valence-corrected chi connectivity index (χ4v) is 1.61. The number of nitrogens with zero attached hydrogens (tertiary/aromatic N) is 4. The topological polar surface area (TPSA) is 97.6 Å². The summed E-state index contributed by atoms with van der Waals surface area (Å²) < 4.78 is 38.6. The van der Waals surface area contributed by atoms with Crippen LogP contribution >= 0.6 is 0 Å². The number of rotatable bonds is 3. The third-order valence-corrected chi connectivity index (χ3v) is 2.76. The number of amides is 1. The van der Waals surface area contributed by atoms with Crippen LogP contribution < -0.4 is 4.90 Å². The smallest absolute Gasteiger partial charge is 0.360 e. The Morgan fingerprint density at radius 2 is 1.95 bits per heavy atom. The summed E-state index contributed by atoms with van der Waals surface area (Å²) in [6, 6.07) is 4.03. The second kappa shape index (κ2) is 6.20. The molecule has 0 spiro atoms. The Labute approximate surface area is 123 Å². The SMILES string of the molecule is CC(=O)C(=[N+]=[N-])C(=O)N(C)c1ccc(C#N)c(C(F)(F)F)c1. The molecule has 0 radical (unpaired) electrons. The van der Waals surface area contributed by atoms with Crippen molar-refractivity contribution >= 4 is 23.1 Å². The van der Waals surface area contributed by atoms with Crippen LogP contribution in [-0.2, 0) is 15.8 Å². The number of ketones is 1. The van der Waals surface area contributed by atoms with Gasteiger partial charge in [-0.2, -0.15) is 23.2 Å². The van der Waals surface area contributed by atoms with Gasteiger partial charge in [0.15, 0.2) is 0 Å². The number of carbonyl (C=O) groups is 2. The average Bonchev–Trinajstić information content (AvgIpc) is 2.45. The molecular formula is C13H9F3N4O2. The molecule has 0 fully saturated rings. The van der Waals surface area contributed by atoms with Gasteiger partial charge in [0, 0.05) is 19.7 Å². The van der Waals surface area contributed by atoms with Crippen LogP contribution in [0.3, 0.4) is 0 Å². The Hall–Kier alpha value is -2.98. The third kappa shape index (κ3) is 3.37. The van der Waals surface area contributed by atoms with Crippen molar-refractivity contribution in [2.45, 2.75) is 13.1 Å². The Morgan fingerprint density at radius 1 is 1.36 bits per heavy atom. The predicted octanol–water partition coefficient (Wildman–Crippen LogP) is 1.80. The molecule has 0 N–H and O–H groups in total. The fourth-order valence-electron chi connectivity index (χ4n) is 1.61. The summed E-state index contributed by atoms with van der Waals surface area (Å²) in [5.74, 6) is -1.92. The number of benzene rings is 1. The molecule has 0 aliphatic rings. The zero-order chi connectivity index (χ0) is 17.1. The summed E-state index contributed by atoms with van der Waals surface area (Å²) in [6.07, 6.45) is -4.78. The van der Waals surface area contributed by atoms with E-state index in [0.717, 1.165) is 26.1 Å². The second-order valence-electron chi connectivity index (χ2n) is 4.21. The van der Waals surface area contributed by atoms with Crippen LogP contribution in [0.2, 0.25) is 0 Å². The van der Waals surface area contributed by atoms with Gasteiger partial charge in [-0.05, 0) is 18.2 Å². The maximum Gasteiger partial charge on any atom is 0.421 e. The lowest BCUT2D eigenvalue weighted by atomic mass is 10.1. The van der Waals surface area contributed by atoms with Crippen LogP contribution in [0.15, 0.2) is 18.2 Å². The largest absolute Gasteiger partial charge is 0.421 e. The fraction of sp³-hybridized carbons (Fsp3) is 0.231. The summed E-state index contributed by atoms with van der Waals surface area (Å²) in [4.78, 5) is 26.3. The lowest BCUT2D eigenvalue weighted by Crippen LogP contribution is -2.37. The molecule has 1 rings (SSSR count). The van der Waals surface area contributed by atoms with E-state index in [9.17, 15) is 22.8 Å². The van der Waals surface area contributed by atoms with Crippen molar-refractivity contribution in [1.82, 2.24) is 0 Å². The zero-order valence-electron chi connectivity index (χ0n) is 11.5. The van der Waals surface area contributed by atoms with Crippen molar-refractivity contribution in [3.63, 3.8) is 0 Å². The zero-order valence-corrected chi connectivity index (χ0v) is 11.5. The van der Waals surface area contributed by atoms with Crippen molar-refractivity contribution < 1.29 is 27.6 Å². The maximum absolute atomic E-state index is 12.9. The van der Waals surface area contributed by atoms with Crippen LogP contribution in [0.4, 0.5) is 18.9 Å². The maximum atomic E-state index is 12.9. The minimum atomic E-state index is -4.78. The summed E-state index contributed by atoms with van der Waals surface area (Å²) in [5.41, 5.74) is 5.79. The number of anilines is 1. The first kappa shape index (κ1) is 17.1. The molecule has 22 heavy (non-hydrogen) atoms. The van der Waals surface area contributed by atoms with Gasteiger partial charge in [0.2, 0.25) is 5.78 Å². The summed E-state index contributed by atoms with van der Waals surface area (Å²) in [7, 11) is 1.11. The van der Waals surface area contributed by atoms with Crippen molar-refractivity contribution in [2.24, 2.45) is 0 Å². The van der Waals surface area contributed by atoms with Crippen LogP contribution in [0.5, 0.6) is 0 Å². The molecule has 0 aliphatic carbocycles. The van der Waals surface area contributed by atoms with Gasteiger partial charge >= 0.3 is 17.8 Å². The molecule has 9 heteroatoms. The van der Waals surface area contributed by atoms with Crippen LogP contribution in [0.25, 0.3) is 5.53 Å². The first-order valence-electron chi connectivity index (χ1n) is 5.75. The highest BCUT2D eigenvalue weighted by Crippen LogP contribution is 2.34. The first-order chi connectivity index (χ1) is 10.1. The van der Waals surface area contributed by atoms with Gasteiger partial charge in [0.1, 0.15) is 0 Å². The Bertz CT molecular complexity index is 728. The van der Waals surface area contributed by atoms with Gasteiger partial charge in [-0.25, -0.2) is 0 Å². The van der Waals surface area contributed by atoms with Crippen LogP contribution in [0, 0.1) is 11.3 Å². The van der Waals surface area contributed by atoms with Gasteiger partial charge in [0.25, 0.3) is 0 Å². The van der Waals surface area contributed by atoms with E-state index in [0.29, 0.717) is 11.0 Å². The van der Waals surface area contributed by atoms with Crippen molar-refractivity contribution in [2.75, 3.05) is 11.9 Å². The Balaban J connectivity index is 3.35. The molecule has 6 nitrogen and oxygen atoms in total. The second-order valence-corrected chi connectivity index (χ2v) is 4.21. The van der Waals surface area contributed by atoms with E-state index >= 15 is 0 Å². The highest BCUT2D eigenvalue weighted by Gasteiger charge is 2.35. The highest BCUT2D eigenvalue weighted by molar-refractivity contribution is 6.65. The number of nitriles is 1. The minimum absolute atomic E-state index is 0.210. The van der Waals surface area contributed by atoms with Gasteiger partial charge in [-0.1, -0.05) is 0 Å². The molecule has 0 atom stereocenters. The molecule has 0 aromatic heterocycles. The normalized spacial score (nSPS) is 10.4. The monoisotopic (exact) mass is 310 g/mol. The lowest BCUT2D eigenvalue weighted by Gasteiger charge is -2.17. The van der Waals surface area contributed by atoms with Crippen LogP contribution in [0.1, 0.15) is 18.1 Å². The van der Waals surface area contributed by atoms with E-state index in [1.165, 1.54) is 6.07 Å². The molecule has 1 aromatic carbocycles. The van der Waals surface area contributed by atoms with E-state index in [1.807, 2.05) is 0 Å². The van der Waals surface area contributed by atoms with E-state index in [-0.39, 0.29) is 5.69 Å². The summed E-state index contributed by atoms with van der Waals surface area (Å²) in [6.45, 7) is 0.973. The lowest BCUT2D eigenvalue weighted by molar-refractivity contribution is -0.137. The number of halogens is 3. The number of alkyl halides is 3. The van der Waals surface area contributed by atoms with E-state index < -0.39 is 34.7 Å². The third-order valence-electron chi connectivity index (χ3n) is 2.76. The number of hydrogen-bond donors (Lipinski definition) is 0. The van der Waals surface area contributed by atoms with Crippen LogP contribution in [-0.4, -0.2) is 29.2 Å². The standard InChI is InChI=1S/C13H9F3N4O2/c1-7(21)11(19-18)12(22)20(2)9-4-3-8(6-17)10(5-9)13(14,15)16/h3-5H,1-2H3. The average molecular weight is 310 g/mol. The molecule has 0 unspecified atom stereocenters. The van der Waals surface area contributed by atoms with Gasteiger partial charge in [-0.3, -0.25) is 9.59 Å². The summed E-state index contributed by atoms with van der Waals surface area (Å²) >= 11 is 0. The molecule has 1 aromatic rings.